The van der Waals surface area contributed by atoms with Crippen molar-refractivity contribution in [2.45, 2.75) is 18.4 Å². The minimum atomic E-state index is -0.903. The van der Waals surface area contributed by atoms with Crippen molar-refractivity contribution in [1.82, 2.24) is 9.74 Å². The number of halogens is 2. The van der Waals surface area contributed by atoms with Crippen LogP contribution in [0.4, 0.5) is 0 Å². The molecule has 0 unspecified atom stereocenters. The molecule has 0 spiro atoms. The number of hydrogen-bond acceptors (Lipinski definition) is 3. The summed E-state index contributed by atoms with van der Waals surface area (Å²) in [5.74, 6) is -0.319. The molecule has 0 atom stereocenters. The van der Waals surface area contributed by atoms with Crippen molar-refractivity contribution in [2.24, 2.45) is 0 Å². The van der Waals surface area contributed by atoms with E-state index in [0.717, 1.165) is 4.42 Å². The number of hydrogen-bond donors (Lipinski definition) is 1. The molecule has 0 aromatic heterocycles. The summed E-state index contributed by atoms with van der Waals surface area (Å²) in [6.45, 7) is 1.39. The van der Waals surface area contributed by atoms with E-state index < -0.39 is 5.54 Å². The topological polar surface area (TPSA) is 56.1 Å². The summed E-state index contributed by atoms with van der Waals surface area (Å²) in [6, 6.07) is 11.0. The van der Waals surface area contributed by atoms with E-state index >= 15 is 0 Å². The molecule has 19 heavy (non-hydrogen) atoms. The van der Waals surface area contributed by atoms with Crippen molar-refractivity contribution in [3.05, 3.63) is 35.9 Å². The summed E-state index contributed by atoms with van der Waals surface area (Å²) in [5.41, 5.74) is -0.402. The van der Waals surface area contributed by atoms with E-state index in [1.54, 1.807) is 24.3 Å². The molecule has 1 aromatic carbocycles. The highest BCUT2D eigenvalue weighted by Crippen LogP contribution is 2.29. The van der Waals surface area contributed by atoms with Crippen molar-refractivity contribution >= 4 is 30.1 Å². The first-order valence-corrected chi connectivity index (χ1v) is 6.21. The maximum absolute atomic E-state index is 12.2. The van der Waals surface area contributed by atoms with Gasteiger partial charge >= 0.3 is 0 Å². The summed E-state index contributed by atoms with van der Waals surface area (Å²) < 4.78 is 1.07. The predicted molar refractivity (Wildman–Crippen MR) is 76.2 cm³/mol. The van der Waals surface area contributed by atoms with Gasteiger partial charge in [-0.3, -0.25) is 4.79 Å². The average molecular weight is 300 g/mol. The third-order valence-electron chi connectivity index (χ3n) is 3.21. The lowest BCUT2D eigenvalue weighted by Gasteiger charge is -2.36. The fourth-order valence-electron chi connectivity index (χ4n) is 2.08. The second kappa shape index (κ2) is 6.76. The first-order valence-electron chi connectivity index (χ1n) is 5.87. The number of nitrogens with one attached hydrogen (secondary N) is 1. The highest BCUT2D eigenvalue weighted by Gasteiger charge is 2.41. The van der Waals surface area contributed by atoms with Gasteiger partial charge in [0.05, 0.1) is 6.07 Å². The molecule has 1 aliphatic rings. The van der Waals surface area contributed by atoms with Gasteiger partial charge in [0.25, 0.3) is 5.91 Å². The maximum Gasteiger partial charge on any atom is 0.269 e. The van der Waals surface area contributed by atoms with Crippen LogP contribution in [0.1, 0.15) is 23.2 Å². The fourth-order valence-corrected chi connectivity index (χ4v) is 2.39. The van der Waals surface area contributed by atoms with E-state index in [-0.39, 0.29) is 18.3 Å². The zero-order valence-electron chi connectivity index (χ0n) is 10.3. The lowest BCUT2D eigenvalue weighted by atomic mass is 9.89. The Morgan fingerprint density at radius 1 is 1.32 bits per heavy atom. The lowest BCUT2D eigenvalue weighted by Crippen LogP contribution is -2.52. The molecule has 1 amide bonds. The van der Waals surface area contributed by atoms with E-state index in [1.807, 2.05) is 6.07 Å². The lowest BCUT2D eigenvalue weighted by molar-refractivity contribution is 0.0743. The molecule has 0 saturated carbocycles. The predicted octanol–water partition coefficient (Wildman–Crippen LogP) is 2.35. The van der Waals surface area contributed by atoms with Crippen LogP contribution in [0, 0.1) is 11.3 Å². The smallest absolute Gasteiger partial charge is 0.269 e. The van der Waals surface area contributed by atoms with Gasteiger partial charge in [-0.2, -0.15) is 5.26 Å². The quantitative estimate of drug-likeness (QED) is 0.853. The van der Waals surface area contributed by atoms with Crippen molar-refractivity contribution in [2.75, 3.05) is 13.1 Å². The van der Waals surface area contributed by atoms with Crippen LogP contribution < -0.4 is 5.32 Å². The average Bonchev–Trinajstić information content (AvgIpc) is 2.47. The van der Waals surface area contributed by atoms with Gasteiger partial charge in [0, 0.05) is 17.3 Å². The van der Waals surface area contributed by atoms with Crippen LogP contribution in [0.25, 0.3) is 0 Å². The number of rotatable bonds is 2. The second-order valence-corrected chi connectivity index (χ2v) is 4.68. The van der Waals surface area contributed by atoms with Crippen molar-refractivity contribution in [3.8, 4) is 6.07 Å². The molecule has 1 heterocycles. The van der Waals surface area contributed by atoms with Crippen molar-refractivity contribution in [1.29, 1.82) is 5.26 Å². The Morgan fingerprint density at radius 2 is 1.89 bits per heavy atom. The SMILES string of the molecule is Cl.N#CC1(N(Cl)C(=O)c2ccccc2)CCNCC1. The van der Waals surface area contributed by atoms with Gasteiger partial charge in [0.15, 0.2) is 0 Å². The van der Waals surface area contributed by atoms with Crippen molar-refractivity contribution < 1.29 is 4.79 Å². The highest BCUT2D eigenvalue weighted by molar-refractivity contribution is 6.24. The van der Waals surface area contributed by atoms with Crippen LogP contribution in [-0.4, -0.2) is 29.0 Å². The molecule has 6 heteroatoms. The molecule has 1 saturated heterocycles. The molecule has 1 N–H and O–H groups in total. The Kier molecular flexibility index (Phi) is 5.61. The normalized spacial score (nSPS) is 16.8. The molecular formula is C13H15Cl2N3O. The Morgan fingerprint density at radius 3 is 2.42 bits per heavy atom. The van der Waals surface area contributed by atoms with Gasteiger partial charge in [-0.05, 0) is 38.1 Å². The van der Waals surface area contributed by atoms with Gasteiger partial charge in [0.1, 0.15) is 5.54 Å². The summed E-state index contributed by atoms with van der Waals surface area (Å²) >= 11 is 6.14. The summed E-state index contributed by atoms with van der Waals surface area (Å²) in [6.07, 6.45) is 1.09. The Labute approximate surface area is 123 Å². The van der Waals surface area contributed by atoms with Crippen LogP contribution in [0.3, 0.4) is 0 Å². The van der Waals surface area contributed by atoms with E-state index in [4.69, 9.17) is 11.8 Å². The van der Waals surface area contributed by atoms with Crippen LogP contribution in [0.15, 0.2) is 30.3 Å². The fraction of sp³-hybridized carbons (Fsp3) is 0.385. The first kappa shape index (κ1) is 15.8. The van der Waals surface area contributed by atoms with Crippen LogP contribution in [0.2, 0.25) is 0 Å². The molecule has 1 aromatic rings. The van der Waals surface area contributed by atoms with E-state index in [2.05, 4.69) is 11.4 Å². The molecule has 102 valence electrons. The third kappa shape index (κ3) is 3.19. The number of nitrogens with zero attached hydrogens (tertiary/aromatic N) is 2. The second-order valence-electron chi connectivity index (χ2n) is 4.35. The van der Waals surface area contributed by atoms with Gasteiger partial charge < -0.3 is 5.32 Å². The number of carbonyl (C=O) groups is 1. The van der Waals surface area contributed by atoms with Gasteiger partial charge in [-0.15, -0.1) is 12.4 Å². The summed E-state index contributed by atoms with van der Waals surface area (Å²) in [7, 11) is 0. The van der Waals surface area contributed by atoms with E-state index in [0.29, 0.717) is 31.5 Å². The highest BCUT2D eigenvalue weighted by atomic mass is 35.5. The van der Waals surface area contributed by atoms with Gasteiger partial charge in [-0.1, -0.05) is 18.2 Å². The van der Waals surface area contributed by atoms with Gasteiger partial charge in [0.2, 0.25) is 0 Å². The molecule has 2 rings (SSSR count). The molecule has 0 bridgehead atoms. The number of piperidine rings is 1. The summed E-state index contributed by atoms with van der Waals surface area (Å²) in [4.78, 5) is 12.2. The van der Waals surface area contributed by atoms with Crippen LogP contribution in [-0.2, 0) is 0 Å². The number of nitriles is 1. The largest absolute Gasteiger partial charge is 0.316 e. The summed E-state index contributed by atoms with van der Waals surface area (Å²) in [5, 5.41) is 12.5. The molecular weight excluding hydrogens is 285 g/mol. The third-order valence-corrected chi connectivity index (χ3v) is 3.69. The minimum Gasteiger partial charge on any atom is -0.316 e. The minimum absolute atomic E-state index is 0. The van der Waals surface area contributed by atoms with Gasteiger partial charge in [-0.25, -0.2) is 4.42 Å². The standard InChI is InChI=1S/C13H14ClN3O.ClH/c14-17(12(18)11-4-2-1-3-5-11)13(10-15)6-8-16-9-7-13;/h1-5,16H,6-9H2;1H. The van der Waals surface area contributed by atoms with E-state index in [9.17, 15) is 10.1 Å². The molecule has 0 aliphatic carbocycles. The van der Waals surface area contributed by atoms with Crippen molar-refractivity contribution in [3.63, 3.8) is 0 Å². The zero-order valence-corrected chi connectivity index (χ0v) is 11.9. The molecule has 0 radical (unpaired) electrons. The molecule has 1 aliphatic heterocycles. The first-order chi connectivity index (χ1) is 8.69. The monoisotopic (exact) mass is 299 g/mol. The van der Waals surface area contributed by atoms with Crippen LogP contribution in [0.5, 0.6) is 0 Å². The molecule has 1 fully saturated rings. The maximum atomic E-state index is 12.2. The van der Waals surface area contributed by atoms with Crippen LogP contribution >= 0.6 is 24.2 Å². The zero-order chi connectivity index (χ0) is 13.0. The Balaban J connectivity index is 0.00000180. The molecule has 4 nitrogen and oxygen atoms in total. The number of carbonyl (C=O) groups excluding carboxylic acids is 1. The number of amides is 1. The number of benzene rings is 1. The Bertz CT molecular complexity index is 467. The van der Waals surface area contributed by atoms with E-state index in [1.165, 1.54) is 0 Å². The Hall–Kier alpha value is -1.28.